The topological polar surface area (TPSA) is 80.3 Å². The standard InChI is InChI=1S/C14H20N6O2/c1-12-8-13(22-17-12)9-18-4-6-19(7-5-18)14(21)2-3-20-11-15-10-16-20/h8,10-11H,2-7,9H2,1H3. The molecular formula is C14H20N6O2. The molecule has 8 heteroatoms. The van der Waals surface area contributed by atoms with E-state index in [2.05, 4.69) is 20.1 Å². The van der Waals surface area contributed by atoms with E-state index in [0.717, 1.165) is 44.2 Å². The predicted molar refractivity (Wildman–Crippen MR) is 77.7 cm³/mol. The fraction of sp³-hybridized carbons (Fsp3) is 0.571. The normalized spacial score (nSPS) is 16.1. The number of piperazine rings is 1. The molecule has 0 aliphatic carbocycles. The Labute approximate surface area is 128 Å². The molecule has 0 bridgehead atoms. The van der Waals surface area contributed by atoms with Crippen molar-refractivity contribution in [2.75, 3.05) is 26.2 Å². The Hall–Kier alpha value is -2.22. The van der Waals surface area contributed by atoms with Crippen molar-refractivity contribution >= 4 is 5.91 Å². The lowest BCUT2D eigenvalue weighted by molar-refractivity contribution is -0.133. The third kappa shape index (κ3) is 3.70. The molecule has 0 aromatic carbocycles. The van der Waals surface area contributed by atoms with Gasteiger partial charge in [0.15, 0.2) is 5.76 Å². The Bertz CT molecular complexity index is 601. The number of amides is 1. The van der Waals surface area contributed by atoms with Gasteiger partial charge in [0, 0.05) is 38.7 Å². The molecule has 1 aliphatic heterocycles. The van der Waals surface area contributed by atoms with Crippen LogP contribution in [-0.2, 0) is 17.9 Å². The first-order valence-electron chi connectivity index (χ1n) is 7.45. The number of carbonyl (C=O) groups is 1. The number of nitrogens with zero attached hydrogens (tertiary/aromatic N) is 6. The quantitative estimate of drug-likeness (QED) is 0.791. The van der Waals surface area contributed by atoms with Gasteiger partial charge in [-0.15, -0.1) is 0 Å². The molecular weight excluding hydrogens is 284 g/mol. The van der Waals surface area contributed by atoms with Crippen LogP contribution in [0.5, 0.6) is 0 Å². The van der Waals surface area contributed by atoms with Crippen molar-refractivity contribution < 1.29 is 9.32 Å². The summed E-state index contributed by atoms with van der Waals surface area (Å²) in [4.78, 5) is 20.2. The molecule has 0 N–H and O–H groups in total. The van der Waals surface area contributed by atoms with Gasteiger partial charge < -0.3 is 9.42 Å². The van der Waals surface area contributed by atoms with Crippen molar-refractivity contribution in [2.45, 2.75) is 26.4 Å². The summed E-state index contributed by atoms with van der Waals surface area (Å²) >= 11 is 0. The van der Waals surface area contributed by atoms with Crippen LogP contribution >= 0.6 is 0 Å². The van der Waals surface area contributed by atoms with Crippen molar-refractivity contribution in [1.29, 1.82) is 0 Å². The molecule has 1 saturated heterocycles. The first-order valence-corrected chi connectivity index (χ1v) is 7.45. The lowest BCUT2D eigenvalue weighted by atomic mass is 10.2. The maximum atomic E-state index is 12.2. The highest BCUT2D eigenvalue weighted by Gasteiger charge is 2.21. The maximum Gasteiger partial charge on any atom is 0.224 e. The van der Waals surface area contributed by atoms with E-state index in [1.54, 1.807) is 11.0 Å². The fourth-order valence-electron chi connectivity index (χ4n) is 2.58. The van der Waals surface area contributed by atoms with Crippen LogP contribution in [0.4, 0.5) is 0 Å². The number of rotatable bonds is 5. The van der Waals surface area contributed by atoms with Crippen LogP contribution in [-0.4, -0.2) is 61.8 Å². The Kier molecular flexibility index (Phi) is 4.47. The van der Waals surface area contributed by atoms with Crippen molar-refractivity contribution in [2.24, 2.45) is 0 Å². The van der Waals surface area contributed by atoms with E-state index in [1.165, 1.54) is 6.33 Å². The van der Waals surface area contributed by atoms with E-state index in [1.807, 2.05) is 17.9 Å². The minimum Gasteiger partial charge on any atom is -0.360 e. The molecule has 2 aromatic rings. The zero-order valence-electron chi connectivity index (χ0n) is 12.7. The third-order valence-electron chi connectivity index (χ3n) is 3.80. The lowest BCUT2D eigenvalue weighted by Crippen LogP contribution is -2.48. The van der Waals surface area contributed by atoms with Crippen molar-refractivity contribution in [1.82, 2.24) is 29.7 Å². The Morgan fingerprint density at radius 3 is 2.77 bits per heavy atom. The minimum atomic E-state index is 0.172. The summed E-state index contributed by atoms with van der Waals surface area (Å²) in [6.45, 7) is 6.47. The summed E-state index contributed by atoms with van der Waals surface area (Å²) < 4.78 is 6.91. The monoisotopic (exact) mass is 304 g/mol. The number of aromatic nitrogens is 4. The van der Waals surface area contributed by atoms with Crippen LogP contribution in [0.2, 0.25) is 0 Å². The van der Waals surface area contributed by atoms with Gasteiger partial charge in [0.2, 0.25) is 5.91 Å². The van der Waals surface area contributed by atoms with Gasteiger partial charge in [0.25, 0.3) is 0 Å². The molecule has 22 heavy (non-hydrogen) atoms. The number of carbonyl (C=O) groups excluding carboxylic acids is 1. The van der Waals surface area contributed by atoms with Gasteiger partial charge in [-0.25, -0.2) is 4.98 Å². The zero-order chi connectivity index (χ0) is 15.4. The molecule has 8 nitrogen and oxygen atoms in total. The number of hydrogen-bond donors (Lipinski definition) is 0. The minimum absolute atomic E-state index is 0.172. The second kappa shape index (κ2) is 6.69. The molecule has 118 valence electrons. The molecule has 3 rings (SSSR count). The predicted octanol–water partition coefficient (Wildman–Crippen LogP) is 0.309. The highest BCUT2D eigenvalue weighted by atomic mass is 16.5. The summed E-state index contributed by atoms with van der Waals surface area (Å²) in [5.41, 5.74) is 0.900. The molecule has 1 aliphatic rings. The van der Waals surface area contributed by atoms with Crippen molar-refractivity contribution in [3.8, 4) is 0 Å². The molecule has 2 aromatic heterocycles. The Morgan fingerprint density at radius 1 is 1.32 bits per heavy atom. The largest absolute Gasteiger partial charge is 0.360 e. The first-order chi connectivity index (χ1) is 10.7. The molecule has 1 amide bonds. The molecule has 0 radical (unpaired) electrons. The lowest BCUT2D eigenvalue weighted by Gasteiger charge is -2.34. The summed E-state index contributed by atoms with van der Waals surface area (Å²) in [6, 6.07) is 1.95. The average Bonchev–Trinajstić information content (AvgIpc) is 3.17. The summed E-state index contributed by atoms with van der Waals surface area (Å²) in [5.74, 6) is 1.05. The van der Waals surface area contributed by atoms with E-state index in [9.17, 15) is 4.79 Å². The molecule has 3 heterocycles. The Balaban J connectivity index is 1.42. The summed E-state index contributed by atoms with van der Waals surface area (Å²) in [6.07, 6.45) is 3.57. The molecule has 0 unspecified atom stereocenters. The van der Waals surface area contributed by atoms with Gasteiger partial charge in [-0.1, -0.05) is 5.16 Å². The highest BCUT2D eigenvalue weighted by molar-refractivity contribution is 5.76. The van der Waals surface area contributed by atoms with Crippen molar-refractivity contribution in [3.63, 3.8) is 0 Å². The van der Waals surface area contributed by atoms with E-state index in [4.69, 9.17) is 4.52 Å². The van der Waals surface area contributed by atoms with E-state index in [-0.39, 0.29) is 5.91 Å². The van der Waals surface area contributed by atoms with E-state index >= 15 is 0 Å². The second-order valence-electron chi connectivity index (χ2n) is 5.50. The van der Waals surface area contributed by atoms with Gasteiger partial charge in [0.05, 0.1) is 18.8 Å². The van der Waals surface area contributed by atoms with Gasteiger partial charge in [0.1, 0.15) is 12.7 Å². The van der Waals surface area contributed by atoms with E-state index < -0.39 is 0 Å². The van der Waals surface area contributed by atoms with Crippen LogP contribution in [0.3, 0.4) is 0 Å². The molecule has 1 fully saturated rings. The van der Waals surface area contributed by atoms with E-state index in [0.29, 0.717) is 13.0 Å². The molecule has 0 saturated carbocycles. The first kappa shape index (κ1) is 14.7. The fourth-order valence-corrected chi connectivity index (χ4v) is 2.58. The van der Waals surface area contributed by atoms with Gasteiger partial charge in [-0.2, -0.15) is 5.10 Å². The average molecular weight is 304 g/mol. The van der Waals surface area contributed by atoms with Crippen LogP contribution in [0, 0.1) is 6.92 Å². The van der Waals surface area contributed by atoms with Gasteiger partial charge in [-0.05, 0) is 6.92 Å². The third-order valence-corrected chi connectivity index (χ3v) is 3.80. The smallest absolute Gasteiger partial charge is 0.224 e. The molecule has 0 atom stereocenters. The number of aryl methyl sites for hydroxylation is 2. The number of hydrogen-bond acceptors (Lipinski definition) is 6. The summed E-state index contributed by atoms with van der Waals surface area (Å²) in [7, 11) is 0. The second-order valence-corrected chi connectivity index (χ2v) is 5.50. The Morgan fingerprint density at radius 2 is 2.14 bits per heavy atom. The van der Waals surface area contributed by atoms with Crippen LogP contribution in [0.15, 0.2) is 23.2 Å². The van der Waals surface area contributed by atoms with Gasteiger partial charge in [-0.3, -0.25) is 14.4 Å². The maximum absolute atomic E-state index is 12.2. The van der Waals surface area contributed by atoms with Crippen LogP contribution in [0.25, 0.3) is 0 Å². The molecule has 0 spiro atoms. The van der Waals surface area contributed by atoms with Crippen LogP contribution in [0.1, 0.15) is 17.9 Å². The van der Waals surface area contributed by atoms with Crippen LogP contribution < -0.4 is 0 Å². The highest BCUT2D eigenvalue weighted by Crippen LogP contribution is 2.10. The van der Waals surface area contributed by atoms with Gasteiger partial charge >= 0.3 is 0 Å². The SMILES string of the molecule is Cc1cc(CN2CCN(C(=O)CCn3cncn3)CC2)on1. The summed E-state index contributed by atoms with van der Waals surface area (Å²) in [5, 5.41) is 7.90. The zero-order valence-corrected chi connectivity index (χ0v) is 12.7. The van der Waals surface area contributed by atoms with Crippen molar-refractivity contribution in [3.05, 3.63) is 30.2 Å².